The predicted molar refractivity (Wildman–Crippen MR) is 84.9 cm³/mol. The van der Waals surface area contributed by atoms with E-state index in [1.807, 2.05) is 36.6 Å². The van der Waals surface area contributed by atoms with Crippen molar-refractivity contribution in [3.05, 3.63) is 46.7 Å². The highest BCUT2D eigenvalue weighted by molar-refractivity contribution is 9.10. The summed E-state index contributed by atoms with van der Waals surface area (Å²) in [5.74, 6) is 0.189. The second-order valence-electron chi connectivity index (χ2n) is 5.19. The van der Waals surface area contributed by atoms with Crippen molar-refractivity contribution in [2.24, 2.45) is 0 Å². The van der Waals surface area contributed by atoms with Gasteiger partial charge in [0.05, 0.1) is 16.6 Å². The van der Waals surface area contributed by atoms with Crippen LogP contribution in [-0.4, -0.2) is 14.7 Å². The zero-order chi connectivity index (χ0) is 15.1. The van der Waals surface area contributed by atoms with Crippen LogP contribution < -0.4 is 0 Å². The molecule has 0 fully saturated rings. The van der Waals surface area contributed by atoms with Gasteiger partial charge in [0.1, 0.15) is 17.4 Å². The molecule has 108 valence electrons. The lowest BCUT2D eigenvalue weighted by atomic mass is 10.1. The number of fused-ring (bicyclic) bond motifs is 1. The Morgan fingerprint density at radius 3 is 2.67 bits per heavy atom. The number of hydrogen-bond donors (Lipinski definition) is 1. The van der Waals surface area contributed by atoms with Crippen molar-refractivity contribution in [1.82, 2.24) is 9.55 Å². The molecule has 2 aromatic carbocycles. The molecule has 0 aliphatic rings. The van der Waals surface area contributed by atoms with Gasteiger partial charge in [-0.2, -0.15) is 0 Å². The average Bonchev–Trinajstić information content (AvgIpc) is 2.79. The fourth-order valence-corrected chi connectivity index (χ4v) is 2.82. The first-order valence-electron chi connectivity index (χ1n) is 6.63. The van der Waals surface area contributed by atoms with E-state index in [-0.39, 0.29) is 11.8 Å². The maximum atomic E-state index is 13.5. The van der Waals surface area contributed by atoms with Gasteiger partial charge in [-0.25, -0.2) is 9.37 Å². The SMILES string of the molecule is CC(C)n1c(-c2cc(F)ccc2O)nc2cc(Br)ccc21. The molecular weight excluding hydrogens is 335 g/mol. The van der Waals surface area contributed by atoms with E-state index in [0.29, 0.717) is 11.4 Å². The van der Waals surface area contributed by atoms with Gasteiger partial charge >= 0.3 is 0 Å². The van der Waals surface area contributed by atoms with Gasteiger partial charge in [-0.15, -0.1) is 0 Å². The molecule has 0 unspecified atom stereocenters. The molecule has 1 heterocycles. The normalized spacial score (nSPS) is 11.5. The Labute approximate surface area is 130 Å². The molecule has 0 amide bonds. The van der Waals surface area contributed by atoms with Crippen molar-refractivity contribution >= 4 is 27.0 Å². The molecule has 3 aromatic rings. The smallest absolute Gasteiger partial charge is 0.145 e. The molecule has 1 aromatic heterocycles. The fourth-order valence-electron chi connectivity index (χ4n) is 2.47. The van der Waals surface area contributed by atoms with E-state index in [9.17, 15) is 9.50 Å². The first-order chi connectivity index (χ1) is 9.97. The quantitative estimate of drug-likeness (QED) is 0.715. The van der Waals surface area contributed by atoms with Crippen molar-refractivity contribution in [3.8, 4) is 17.1 Å². The Bertz CT molecular complexity index is 827. The molecule has 0 aliphatic carbocycles. The predicted octanol–water partition coefficient (Wildman–Crippen LogP) is 4.89. The zero-order valence-electron chi connectivity index (χ0n) is 11.6. The number of phenols is 1. The van der Waals surface area contributed by atoms with Crippen LogP contribution in [-0.2, 0) is 0 Å². The minimum Gasteiger partial charge on any atom is -0.507 e. The lowest BCUT2D eigenvalue weighted by molar-refractivity contribution is 0.474. The molecule has 0 spiro atoms. The van der Waals surface area contributed by atoms with Crippen LogP contribution in [0.3, 0.4) is 0 Å². The van der Waals surface area contributed by atoms with Crippen molar-refractivity contribution in [3.63, 3.8) is 0 Å². The molecule has 21 heavy (non-hydrogen) atoms. The summed E-state index contributed by atoms with van der Waals surface area (Å²) < 4.78 is 16.5. The van der Waals surface area contributed by atoms with Crippen LogP contribution >= 0.6 is 15.9 Å². The maximum absolute atomic E-state index is 13.5. The molecule has 5 heteroatoms. The van der Waals surface area contributed by atoms with E-state index in [2.05, 4.69) is 20.9 Å². The molecule has 3 rings (SSSR count). The van der Waals surface area contributed by atoms with Gasteiger partial charge in [-0.05, 0) is 50.2 Å². The monoisotopic (exact) mass is 348 g/mol. The third kappa shape index (κ3) is 2.42. The number of rotatable bonds is 2. The zero-order valence-corrected chi connectivity index (χ0v) is 13.2. The highest BCUT2D eigenvalue weighted by Crippen LogP contribution is 2.34. The van der Waals surface area contributed by atoms with Crippen LogP contribution in [0.5, 0.6) is 5.75 Å². The van der Waals surface area contributed by atoms with E-state index < -0.39 is 5.82 Å². The summed E-state index contributed by atoms with van der Waals surface area (Å²) in [6, 6.07) is 9.85. The maximum Gasteiger partial charge on any atom is 0.145 e. The van der Waals surface area contributed by atoms with Crippen LogP contribution in [0.1, 0.15) is 19.9 Å². The largest absolute Gasteiger partial charge is 0.507 e. The number of halogens is 2. The number of nitrogens with zero attached hydrogens (tertiary/aromatic N) is 2. The van der Waals surface area contributed by atoms with E-state index in [1.54, 1.807) is 0 Å². The van der Waals surface area contributed by atoms with E-state index in [1.165, 1.54) is 18.2 Å². The van der Waals surface area contributed by atoms with Crippen LogP contribution in [0.15, 0.2) is 40.9 Å². The molecular formula is C16H14BrFN2O. The summed E-state index contributed by atoms with van der Waals surface area (Å²) in [7, 11) is 0. The highest BCUT2D eigenvalue weighted by atomic mass is 79.9. The van der Waals surface area contributed by atoms with Crippen LogP contribution in [0.4, 0.5) is 4.39 Å². The first-order valence-corrected chi connectivity index (χ1v) is 7.43. The molecule has 0 saturated heterocycles. The van der Waals surface area contributed by atoms with Gasteiger partial charge in [0.15, 0.2) is 0 Å². The molecule has 0 bridgehead atoms. The Hall–Kier alpha value is -1.88. The molecule has 0 aliphatic heterocycles. The van der Waals surface area contributed by atoms with Crippen molar-refractivity contribution in [1.29, 1.82) is 0 Å². The lowest BCUT2D eigenvalue weighted by Crippen LogP contribution is -2.03. The Morgan fingerprint density at radius 1 is 1.19 bits per heavy atom. The summed E-state index contributed by atoms with van der Waals surface area (Å²) in [4.78, 5) is 4.57. The third-order valence-electron chi connectivity index (χ3n) is 3.37. The van der Waals surface area contributed by atoms with Gasteiger partial charge in [-0.3, -0.25) is 0 Å². The minimum atomic E-state index is -0.397. The van der Waals surface area contributed by atoms with Crippen LogP contribution in [0, 0.1) is 5.82 Å². The van der Waals surface area contributed by atoms with E-state index in [0.717, 1.165) is 15.5 Å². The highest BCUT2D eigenvalue weighted by Gasteiger charge is 2.18. The lowest BCUT2D eigenvalue weighted by Gasteiger charge is -2.14. The second-order valence-corrected chi connectivity index (χ2v) is 6.11. The van der Waals surface area contributed by atoms with Gasteiger partial charge in [-0.1, -0.05) is 15.9 Å². The van der Waals surface area contributed by atoms with E-state index in [4.69, 9.17) is 0 Å². The second kappa shape index (κ2) is 5.15. The standard InChI is InChI=1S/C16H14BrFN2O/c1-9(2)20-14-5-3-10(17)7-13(14)19-16(20)12-8-11(18)4-6-15(12)21/h3-9,21H,1-2H3. The van der Waals surface area contributed by atoms with Gasteiger partial charge < -0.3 is 9.67 Å². The van der Waals surface area contributed by atoms with Gasteiger partial charge in [0.2, 0.25) is 0 Å². The first kappa shape index (κ1) is 14.1. The van der Waals surface area contributed by atoms with Gasteiger partial charge in [0.25, 0.3) is 0 Å². The molecule has 0 radical (unpaired) electrons. The number of phenolic OH excluding ortho intramolecular Hbond substituents is 1. The number of aromatic nitrogens is 2. The van der Waals surface area contributed by atoms with Crippen molar-refractivity contribution in [2.75, 3.05) is 0 Å². The average molecular weight is 349 g/mol. The fraction of sp³-hybridized carbons (Fsp3) is 0.188. The molecule has 3 nitrogen and oxygen atoms in total. The Kier molecular flexibility index (Phi) is 3.45. The number of aromatic hydroxyl groups is 1. The molecule has 0 saturated carbocycles. The Balaban J connectivity index is 2.36. The topological polar surface area (TPSA) is 38.0 Å². The van der Waals surface area contributed by atoms with E-state index >= 15 is 0 Å². The van der Waals surface area contributed by atoms with Crippen molar-refractivity contribution in [2.45, 2.75) is 19.9 Å². The number of benzene rings is 2. The summed E-state index contributed by atoms with van der Waals surface area (Å²) >= 11 is 3.43. The summed E-state index contributed by atoms with van der Waals surface area (Å²) in [6.07, 6.45) is 0. The minimum absolute atomic E-state index is 0.0210. The summed E-state index contributed by atoms with van der Waals surface area (Å²) in [5.41, 5.74) is 2.15. The Morgan fingerprint density at radius 2 is 1.95 bits per heavy atom. The number of hydrogen-bond acceptors (Lipinski definition) is 2. The number of imidazole rings is 1. The van der Waals surface area contributed by atoms with Crippen LogP contribution in [0.25, 0.3) is 22.4 Å². The molecule has 0 atom stereocenters. The third-order valence-corrected chi connectivity index (χ3v) is 3.86. The summed E-state index contributed by atoms with van der Waals surface area (Å²) in [5, 5.41) is 10.0. The summed E-state index contributed by atoms with van der Waals surface area (Å²) in [6.45, 7) is 4.06. The van der Waals surface area contributed by atoms with Crippen LogP contribution in [0.2, 0.25) is 0 Å². The van der Waals surface area contributed by atoms with Gasteiger partial charge in [0, 0.05) is 10.5 Å². The van der Waals surface area contributed by atoms with Crippen molar-refractivity contribution < 1.29 is 9.50 Å². The molecule has 1 N–H and O–H groups in total.